The number of benzene rings is 1. The van der Waals surface area contributed by atoms with Crippen molar-refractivity contribution in [3.8, 4) is 0 Å². The number of hydrogen-bond acceptors (Lipinski definition) is 4. The predicted octanol–water partition coefficient (Wildman–Crippen LogP) is 1.47. The van der Waals surface area contributed by atoms with Crippen LogP contribution in [-0.2, 0) is 20.8 Å². The Hall–Kier alpha value is -0.960. The molecule has 0 bridgehead atoms. The van der Waals surface area contributed by atoms with E-state index in [9.17, 15) is 17.4 Å². The van der Waals surface area contributed by atoms with Gasteiger partial charge in [-0.1, -0.05) is 11.6 Å². The second-order valence-corrected chi connectivity index (χ2v) is 8.18. The molecular weight excluding hydrogens is 338 g/mol. The normalized spacial score (nSPS) is 14.6. The van der Waals surface area contributed by atoms with Crippen LogP contribution in [0.5, 0.6) is 0 Å². The third-order valence-corrected chi connectivity index (χ3v) is 5.54. The molecule has 21 heavy (non-hydrogen) atoms. The number of sulfonamides is 1. The molecule has 2 unspecified atom stereocenters. The average molecular weight is 354 g/mol. The summed E-state index contributed by atoms with van der Waals surface area (Å²) in [5, 5.41) is 8.84. The van der Waals surface area contributed by atoms with Crippen molar-refractivity contribution in [1.29, 1.82) is 0 Å². The summed E-state index contributed by atoms with van der Waals surface area (Å²) in [4.78, 5) is 10.6. The SMILES string of the molecule is CC(CCS(C)=O)NS(=O)(=O)c1cc(C(=O)O)ccc1Cl. The van der Waals surface area contributed by atoms with Crippen LogP contribution in [0.4, 0.5) is 0 Å². The van der Waals surface area contributed by atoms with Crippen LogP contribution in [0.2, 0.25) is 5.02 Å². The lowest BCUT2D eigenvalue weighted by atomic mass is 10.2. The second kappa shape index (κ2) is 7.35. The quantitative estimate of drug-likeness (QED) is 0.773. The molecule has 2 atom stereocenters. The van der Waals surface area contributed by atoms with E-state index in [0.717, 1.165) is 6.07 Å². The smallest absolute Gasteiger partial charge is 0.335 e. The van der Waals surface area contributed by atoms with E-state index in [4.69, 9.17) is 16.7 Å². The number of hydrogen-bond donors (Lipinski definition) is 2. The van der Waals surface area contributed by atoms with Gasteiger partial charge < -0.3 is 5.11 Å². The highest BCUT2D eigenvalue weighted by Crippen LogP contribution is 2.23. The Labute approximate surface area is 131 Å². The summed E-state index contributed by atoms with van der Waals surface area (Å²) in [6.45, 7) is 1.64. The highest BCUT2D eigenvalue weighted by atomic mass is 35.5. The van der Waals surface area contributed by atoms with Crippen LogP contribution >= 0.6 is 11.6 Å². The van der Waals surface area contributed by atoms with Gasteiger partial charge in [-0.15, -0.1) is 0 Å². The maximum Gasteiger partial charge on any atom is 0.335 e. The van der Waals surface area contributed by atoms with Gasteiger partial charge in [0.2, 0.25) is 10.0 Å². The van der Waals surface area contributed by atoms with Crippen molar-refractivity contribution in [3.63, 3.8) is 0 Å². The van der Waals surface area contributed by atoms with Gasteiger partial charge in [0.05, 0.1) is 10.6 Å². The molecule has 0 saturated heterocycles. The first-order valence-corrected chi connectivity index (χ1v) is 9.57. The summed E-state index contributed by atoms with van der Waals surface area (Å²) in [7, 11) is -4.95. The van der Waals surface area contributed by atoms with Gasteiger partial charge in [0, 0.05) is 28.9 Å². The molecule has 6 nitrogen and oxygen atoms in total. The van der Waals surface area contributed by atoms with E-state index < -0.39 is 32.8 Å². The Morgan fingerprint density at radius 3 is 2.62 bits per heavy atom. The van der Waals surface area contributed by atoms with Crippen LogP contribution in [0.3, 0.4) is 0 Å². The molecule has 0 amide bonds. The summed E-state index contributed by atoms with van der Waals surface area (Å²) in [6.07, 6.45) is 1.94. The van der Waals surface area contributed by atoms with Crippen molar-refractivity contribution in [2.24, 2.45) is 0 Å². The number of nitrogens with one attached hydrogen (secondary N) is 1. The first-order chi connectivity index (χ1) is 9.63. The van der Waals surface area contributed by atoms with Crippen molar-refractivity contribution in [3.05, 3.63) is 28.8 Å². The van der Waals surface area contributed by atoms with E-state index in [1.54, 1.807) is 6.92 Å². The Kier molecular flexibility index (Phi) is 6.33. The fraction of sp³-hybridized carbons (Fsp3) is 0.417. The first kappa shape index (κ1) is 18.1. The van der Waals surface area contributed by atoms with Gasteiger partial charge in [-0.3, -0.25) is 4.21 Å². The van der Waals surface area contributed by atoms with Crippen LogP contribution in [0.1, 0.15) is 23.7 Å². The minimum absolute atomic E-state index is 0.0567. The van der Waals surface area contributed by atoms with Gasteiger partial charge in [0.15, 0.2) is 0 Å². The molecule has 0 aliphatic rings. The molecule has 9 heteroatoms. The molecule has 118 valence electrons. The van der Waals surface area contributed by atoms with Crippen LogP contribution < -0.4 is 4.72 Å². The molecule has 0 radical (unpaired) electrons. The minimum Gasteiger partial charge on any atom is -0.478 e. The monoisotopic (exact) mass is 353 g/mol. The van der Waals surface area contributed by atoms with E-state index in [2.05, 4.69) is 4.72 Å². The van der Waals surface area contributed by atoms with Gasteiger partial charge in [-0.25, -0.2) is 17.9 Å². The van der Waals surface area contributed by atoms with E-state index >= 15 is 0 Å². The predicted molar refractivity (Wildman–Crippen MR) is 81.7 cm³/mol. The van der Waals surface area contributed by atoms with E-state index in [1.165, 1.54) is 18.4 Å². The van der Waals surface area contributed by atoms with Crippen molar-refractivity contribution in [2.75, 3.05) is 12.0 Å². The molecule has 0 fully saturated rings. The van der Waals surface area contributed by atoms with Gasteiger partial charge in [-0.05, 0) is 31.5 Å². The largest absolute Gasteiger partial charge is 0.478 e. The van der Waals surface area contributed by atoms with Crippen molar-refractivity contribution >= 4 is 38.4 Å². The van der Waals surface area contributed by atoms with Crippen LogP contribution in [0.25, 0.3) is 0 Å². The maximum atomic E-state index is 12.2. The van der Waals surface area contributed by atoms with Crippen LogP contribution in [-0.4, -0.2) is 41.8 Å². The molecule has 1 aromatic rings. The number of carbonyl (C=O) groups is 1. The number of aromatic carboxylic acids is 1. The lowest BCUT2D eigenvalue weighted by Crippen LogP contribution is -2.33. The van der Waals surface area contributed by atoms with E-state index in [1.807, 2.05) is 0 Å². The van der Waals surface area contributed by atoms with Crippen molar-refractivity contribution in [2.45, 2.75) is 24.3 Å². The van der Waals surface area contributed by atoms with Crippen molar-refractivity contribution in [1.82, 2.24) is 4.72 Å². The summed E-state index contributed by atoms with van der Waals surface area (Å²) in [5.74, 6) is -0.871. The number of halogens is 1. The first-order valence-electron chi connectivity index (χ1n) is 5.98. The fourth-order valence-corrected chi connectivity index (χ4v) is 4.06. The Morgan fingerprint density at radius 1 is 1.48 bits per heavy atom. The summed E-state index contributed by atoms with van der Waals surface area (Å²) < 4.78 is 37.8. The zero-order chi connectivity index (χ0) is 16.2. The second-order valence-electron chi connectivity index (χ2n) is 4.54. The third-order valence-electron chi connectivity index (χ3n) is 2.66. The number of rotatable bonds is 7. The zero-order valence-corrected chi connectivity index (χ0v) is 13.9. The molecule has 2 N–H and O–H groups in total. The standard InChI is InChI=1S/C12H16ClNO5S2/c1-8(5-6-20(2)17)14-21(18,19)11-7-9(12(15)16)3-4-10(11)13/h3-4,7-8,14H,5-6H2,1-2H3,(H,15,16). The molecule has 1 rings (SSSR count). The molecule has 1 aromatic carbocycles. The highest BCUT2D eigenvalue weighted by molar-refractivity contribution is 7.89. The Bertz CT molecular complexity index is 660. The lowest BCUT2D eigenvalue weighted by Gasteiger charge is -2.14. The molecule has 0 aromatic heterocycles. The zero-order valence-electron chi connectivity index (χ0n) is 11.5. The van der Waals surface area contributed by atoms with Gasteiger partial charge in [-0.2, -0.15) is 0 Å². The molecule has 0 spiro atoms. The van der Waals surface area contributed by atoms with Gasteiger partial charge >= 0.3 is 5.97 Å². The number of carboxylic acids is 1. The van der Waals surface area contributed by atoms with Crippen LogP contribution in [0, 0.1) is 0 Å². The molecular formula is C12H16ClNO5S2. The van der Waals surface area contributed by atoms with Gasteiger partial charge in [0.1, 0.15) is 4.90 Å². The average Bonchev–Trinajstić information content (AvgIpc) is 2.35. The minimum atomic E-state index is -3.94. The van der Waals surface area contributed by atoms with Crippen molar-refractivity contribution < 1.29 is 22.5 Å². The summed E-state index contributed by atoms with van der Waals surface area (Å²) in [6, 6.07) is 3.03. The third kappa shape index (κ3) is 5.39. The molecule has 0 aliphatic heterocycles. The topological polar surface area (TPSA) is 101 Å². The van der Waals surface area contributed by atoms with Crippen LogP contribution in [0.15, 0.2) is 23.1 Å². The summed E-state index contributed by atoms with van der Waals surface area (Å²) in [5.41, 5.74) is -0.165. The molecule has 0 aliphatic carbocycles. The fourth-order valence-electron chi connectivity index (χ4n) is 1.57. The summed E-state index contributed by atoms with van der Waals surface area (Å²) >= 11 is 5.84. The van der Waals surface area contributed by atoms with E-state index in [-0.39, 0.29) is 15.5 Å². The number of carboxylic acid groups (broad SMARTS) is 1. The van der Waals surface area contributed by atoms with E-state index in [0.29, 0.717) is 12.2 Å². The molecule has 0 heterocycles. The Morgan fingerprint density at radius 2 is 2.10 bits per heavy atom. The maximum absolute atomic E-state index is 12.2. The Balaban J connectivity index is 2.99. The van der Waals surface area contributed by atoms with Gasteiger partial charge in [0.25, 0.3) is 0 Å². The molecule has 0 saturated carbocycles. The lowest BCUT2D eigenvalue weighted by molar-refractivity contribution is 0.0696. The highest BCUT2D eigenvalue weighted by Gasteiger charge is 2.22.